The molecule has 0 radical (unpaired) electrons. The predicted molar refractivity (Wildman–Crippen MR) is 120 cm³/mol. The number of rotatable bonds is 10. The van der Waals surface area contributed by atoms with Crippen LogP contribution in [0.3, 0.4) is 0 Å². The first-order chi connectivity index (χ1) is 15.9. The summed E-state index contributed by atoms with van der Waals surface area (Å²) in [5, 5.41) is 0. The van der Waals surface area contributed by atoms with E-state index in [-0.39, 0.29) is 12.4 Å². The molecule has 0 saturated carbocycles. The average Bonchev–Trinajstić information content (AvgIpc) is 3.19. The van der Waals surface area contributed by atoms with Crippen LogP contribution >= 0.6 is 0 Å². The number of methoxy groups -OCH3 is 2. The summed E-state index contributed by atoms with van der Waals surface area (Å²) in [5.74, 6) is 1.46. The van der Waals surface area contributed by atoms with Crippen molar-refractivity contribution in [2.24, 2.45) is 0 Å². The van der Waals surface area contributed by atoms with Gasteiger partial charge in [-0.1, -0.05) is 6.07 Å². The Morgan fingerprint density at radius 1 is 1.15 bits per heavy atom. The summed E-state index contributed by atoms with van der Waals surface area (Å²) in [4.78, 5) is 16.5. The van der Waals surface area contributed by atoms with Gasteiger partial charge in [0.25, 0.3) is 0 Å². The van der Waals surface area contributed by atoms with E-state index in [2.05, 4.69) is 4.98 Å². The van der Waals surface area contributed by atoms with Gasteiger partial charge >= 0.3 is 5.97 Å². The number of nitrogens with zero attached hydrogens (tertiary/aromatic N) is 1. The zero-order valence-corrected chi connectivity index (χ0v) is 19.4. The lowest BCUT2D eigenvalue weighted by atomic mass is 10.1. The fourth-order valence-electron chi connectivity index (χ4n) is 3.34. The zero-order valence-electron chi connectivity index (χ0n) is 19.4. The van der Waals surface area contributed by atoms with E-state index in [9.17, 15) is 9.18 Å². The van der Waals surface area contributed by atoms with Crippen molar-refractivity contribution in [2.75, 3.05) is 20.8 Å². The van der Waals surface area contributed by atoms with Gasteiger partial charge in [0.1, 0.15) is 35.4 Å². The molecule has 0 bridgehead atoms. The Morgan fingerprint density at radius 2 is 1.94 bits per heavy atom. The quantitative estimate of drug-likeness (QED) is 0.404. The van der Waals surface area contributed by atoms with Gasteiger partial charge in [-0.3, -0.25) is 0 Å². The van der Waals surface area contributed by atoms with Crippen LogP contribution in [0.2, 0.25) is 0 Å². The second-order valence-electron chi connectivity index (χ2n) is 7.42. The van der Waals surface area contributed by atoms with Crippen molar-refractivity contribution in [1.82, 2.24) is 4.98 Å². The molecule has 2 aromatic carbocycles. The van der Waals surface area contributed by atoms with E-state index in [1.165, 1.54) is 13.2 Å². The summed E-state index contributed by atoms with van der Waals surface area (Å²) < 4.78 is 41.0. The third kappa shape index (κ3) is 5.90. The number of aromatic nitrogens is 1. The van der Waals surface area contributed by atoms with E-state index in [1.807, 2.05) is 13.0 Å². The SMILES string of the molecule is CCO[C@@H](Cc1ccc(OCc2nc(-c3ccc(F)c(C)c3)oc2C)cc1OC)C(=O)OC. The molecule has 1 atom stereocenters. The predicted octanol–water partition coefficient (Wildman–Crippen LogP) is 4.81. The van der Waals surface area contributed by atoms with E-state index >= 15 is 0 Å². The number of halogens is 1. The molecule has 0 spiro atoms. The highest BCUT2D eigenvalue weighted by Gasteiger charge is 2.22. The molecule has 8 heteroatoms. The Balaban J connectivity index is 1.72. The monoisotopic (exact) mass is 457 g/mol. The second-order valence-corrected chi connectivity index (χ2v) is 7.42. The minimum Gasteiger partial charge on any atom is -0.496 e. The lowest BCUT2D eigenvalue weighted by molar-refractivity contribution is -0.153. The van der Waals surface area contributed by atoms with Crippen LogP contribution in [0.5, 0.6) is 11.5 Å². The minimum atomic E-state index is -0.716. The molecule has 3 aromatic rings. The average molecular weight is 457 g/mol. The van der Waals surface area contributed by atoms with Crippen LogP contribution in [0.25, 0.3) is 11.5 Å². The molecule has 0 aliphatic rings. The van der Waals surface area contributed by atoms with Crippen molar-refractivity contribution >= 4 is 5.97 Å². The van der Waals surface area contributed by atoms with Crippen molar-refractivity contribution in [3.8, 4) is 23.0 Å². The smallest absolute Gasteiger partial charge is 0.335 e. The van der Waals surface area contributed by atoms with Gasteiger partial charge in [-0.05, 0) is 56.2 Å². The molecule has 0 amide bonds. The summed E-state index contributed by atoms with van der Waals surface area (Å²) in [6.07, 6.45) is -0.403. The maximum atomic E-state index is 13.6. The summed E-state index contributed by atoms with van der Waals surface area (Å²) in [5.41, 5.74) is 2.65. The van der Waals surface area contributed by atoms with Crippen LogP contribution in [-0.4, -0.2) is 37.9 Å². The molecule has 1 heterocycles. The number of ether oxygens (including phenoxy) is 4. The highest BCUT2D eigenvalue weighted by Crippen LogP contribution is 2.28. The number of carbonyl (C=O) groups is 1. The first-order valence-corrected chi connectivity index (χ1v) is 10.6. The molecule has 0 aliphatic heterocycles. The molecular weight excluding hydrogens is 429 g/mol. The summed E-state index contributed by atoms with van der Waals surface area (Å²) in [6, 6.07) is 10.1. The van der Waals surface area contributed by atoms with Gasteiger partial charge in [0.05, 0.1) is 14.2 Å². The first-order valence-electron chi connectivity index (χ1n) is 10.6. The zero-order chi connectivity index (χ0) is 24.0. The van der Waals surface area contributed by atoms with Crippen molar-refractivity contribution in [1.29, 1.82) is 0 Å². The summed E-state index contributed by atoms with van der Waals surface area (Å²) in [7, 11) is 2.88. The Hall–Kier alpha value is -3.39. The molecule has 176 valence electrons. The standard InChI is InChI=1S/C25H28FNO6/c1-6-31-23(25(28)30-5)12-17-7-9-19(13-22(17)29-4)32-14-21-16(3)33-24(27-21)18-8-10-20(26)15(2)11-18/h7-11,13,23H,6,12,14H2,1-5H3/t23-/m0/s1. The van der Waals surface area contributed by atoms with Gasteiger partial charge in [0, 0.05) is 24.7 Å². The molecular formula is C25H28FNO6. The van der Waals surface area contributed by atoms with E-state index in [4.69, 9.17) is 23.4 Å². The molecule has 7 nitrogen and oxygen atoms in total. The summed E-state index contributed by atoms with van der Waals surface area (Å²) in [6.45, 7) is 5.88. The molecule has 0 aliphatic carbocycles. The van der Waals surface area contributed by atoms with Gasteiger partial charge in [-0.2, -0.15) is 0 Å². The normalized spacial score (nSPS) is 11.8. The number of hydrogen-bond donors (Lipinski definition) is 0. The van der Waals surface area contributed by atoms with Gasteiger partial charge in [0.15, 0.2) is 6.10 Å². The van der Waals surface area contributed by atoms with Crippen LogP contribution in [-0.2, 0) is 27.3 Å². The molecule has 0 N–H and O–H groups in total. The lowest BCUT2D eigenvalue weighted by Gasteiger charge is -2.17. The molecule has 33 heavy (non-hydrogen) atoms. The topological polar surface area (TPSA) is 80.0 Å². The number of benzene rings is 2. The fraction of sp³-hybridized carbons (Fsp3) is 0.360. The Morgan fingerprint density at radius 3 is 2.61 bits per heavy atom. The fourth-order valence-corrected chi connectivity index (χ4v) is 3.34. The van der Waals surface area contributed by atoms with Crippen molar-refractivity contribution < 1.29 is 32.5 Å². The molecule has 3 rings (SSSR count). The number of esters is 1. The Labute approximate surface area is 192 Å². The van der Waals surface area contributed by atoms with Crippen LogP contribution in [0.4, 0.5) is 4.39 Å². The number of carbonyl (C=O) groups excluding carboxylic acids is 1. The lowest BCUT2D eigenvalue weighted by Crippen LogP contribution is -2.28. The van der Waals surface area contributed by atoms with Crippen molar-refractivity contribution in [3.05, 3.63) is 64.8 Å². The van der Waals surface area contributed by atoms with E-state index in [0.717, 1.165) is 5.56 Å². The van der Waals surface area contributed by atoms with E-state index in [1.54, 1.807) is 45.2 Å². The largest absolute Gasteiger partial charge is 0.496 e. The van der Waals surface area contributed by atoms with Crippen molar-refractivity contribution in [2.45, 2.75) is 39.9 Å². The molecule has 0 unspecified atom stereocenters. The molecule has 1 aromatic heterocycles. The third-order valence-electron chi connectivity index (χ3n) is 5.17. The van der Waals surface area contributed by atoms with Crippen molar-refractivity contribution in [3.63, 3.8) is 0 Å². The van der Waals surface area contributed by atoms with Gasteiger partial charge in [-0.15, -0.1) is 0 Å². The summed E-state index contributed by atoms with van der Waals surface area (Å²) >= 11 is 0. The minimum absolute atomic E-state index is 0.182. The maximum Gasteiger partial charge on any atom is 0.335 e. The van der Waals surface area contributed by atoms with E-state index in [0.29, 0.717) is 53.0 Å². The van der Waals surface area contributed by atoms with Gasteiger partial charge in [-0.25, -0.2) is 14.2 Å². The molecule has 0 fully saturated rings. The number of oxazole rings is 1. The maximum absolute atomic E-state index is 13.6. The van der Waals surface area contributed by atoms with Crippen LogP contribution in [0, 0.1) is 19.7 Å². The molecule has 0 saturated heterocycles. The second kappa shape index (κ2) is 11.0. The van der Waals surface area contributed by atoms with Crippen LogP contribution in [0.15, 0.2) is 40.8 Å². The number of hydrogen-bond acceptors (Lipinski definition) is 7. The first kappa shape index (κ1) is 24.3. The van der Waals surface area contributed by atoms with Gasteiger partial charge in [0.2, 0.25) is 5.89 Å². The highest BCUT2D eigenvalue weighted by molar-refractivity contribution is 5.75. The van der Waals surface area contributed by atoms with Crippen LogP contribution < -0.4 is 9.47 Å². The van der Waals surface area contributed by atoms with Gasteiger partial charge < -0.3 is 23.4 Å². The number of aryl methyl sites for hydroxylation is 2. The Kier molecular flexibility index (Phi) is 8.06. The van der Waals surface area contributed by atoms with Crippen LogP contribution in [0.1, 0.15) is 29.5 Å². The highest BCUT2D eigenvalue weighted by atomic mass is 19.1. The Bertz CT molecular complexity index is 1110. The third-order valence-corrected chi connectivity index (χ3v) is 5.17. The van der Waals surface area contributed by atoms with E-state index < -0.39 is 12.1 Å².